The van der Waals surface area contributed by atoms with Crippen molar-refractivity contribution in [2.24, 2.45) is 17.6 Å². The van der Waals surface area contributed by atoms with E-state index in [-0.39, 0.29) is 11.8 Å². The van der Waals surface area contributed by atoms with E-state index in [9.17, 15) is 19.2 Å². The van der Waals surface area contributed by atoms with Gasteiger partial charge < -0.3 is 26.8 Å². The molecule has 3 atom stereocenters. The molecule has 0 aliphatic carbocycles. The Balaban J connectivity index is 2.85. The second kappa shape index (κ2) is 13.5. The molecule has 3 unspecified atom stereocenters. The van der Waals surface area contributed by atoms with Crippen LogP contribution < -0.4 is 21.7 Å². The average molecular weight is 449 g/mol. The first-order valence-electron chi connectivity index (χ1n) is 10.9. The lowest BCUT2D eigenvalue weighted by molar-refractivity contribution is -0.138. The zero-order valence-corrected chi connectivity index (χ0v) is 19.3. The molecule has 178 valence electrons. The van der Waals surface area contributed by atoms with E-state index in [1.165, 1.54) is 0 Å². The minimum atomic E-state index is -1.18. The smallest absolute Gasteiger partial charge is 0.322 e. The van der Waals surface area contributed by atoms with Crippen LogP contribution in [-0.4, -0.2) is 53.5 Å². The number of carboxylic acids is 1. The average Bonchev–Trinajstić information content (AvgIpc) is 2.70. The molecule has 32 heavy (non-hydrogen) atoms. The van der Waals surface area contributed by atoms with Gasteiger partial charge in [0.2, 0.25) is 17.7 Å². The Morgan fingerprint density at radius 1 is 0.844 bits per heavy atom. The fourth-order valence-electron chi connectivity index (χ4n) is 3.20. The van der Waals surface area contributed by atoms with Crippen LogP contribution in [0, 0.1) is 11.8 Å². The molecule has 0 heterocycles. The highest BCUT2D eigenvalue weighted by Crippen LogP contribution is 2.10. The third-order valence-electron chi connectivity index (χ3n) is 4.73. The molecule has 0 saturated carbocycles. The van der Waals surface area contributed by atoms with Crippen LogP contribution in [0.3, 0.4) is 0 Å². The minimum Gasteiger partial charge on any atom is -0.480 e. The normalized spacial score (nSPS) is 13.8. The Labute approximate surface area is 189 Å². The van der Waals surface area contributed by atoms with Crippen molar-refractivity contribution in [1.29, 1.82) is 0 Å². The fourth-order valence-corrected chi connectivity index (χ4v) is 3.20. The van der Waals surface area contributed by atoms with E-state index in [0.29, 0.717) is 19.3 Å². The first kappa shape index (κ1) is 27.1. The third-order valence-corrected chi connectivity index (χ3v) is 4.73. The highest BCUT2D eigenvalue weighted by Gasteiger charge is 2.29. The number of hydrogen-bond acceptors (Lipinski definition) is 5. The van der Waals surface area contributed by atoms with Gasteiger partial charge in [-0.15, -0.1) is 0 Å². The zero-order valence-electron chi connectivity index (χ0n) is 19.3. The molecule has 1 rings (SSSR count). The van der Waals surface area contributed by atoms with Crippen LogP contribution in [0.2, 0.25) is 0 Å². The molecule has 9 heteroatoms. The quantitative estimate of drug-likeness (QED) is 0.301. The summed E-state index contributed by atoms with van der Waals surface area (Å²) in [7, 11) is 0. The van der Waals surface area contributed by atoms with Crippen LogP contribution in [0.25, 0.3) is 0 Å². The predicted molar refractivity (Wildman–Crippen MR) is 122 cm³/mol. The summed E-state index contributed by atoms with van der Waals surface area (Å²) in [5, 5.41) is 16.5. The molecule has 1 aromatic rings. The summed E-state index contributed by atoms with van der Waals surface area (Å²) >= 11 is 0. The van der Waals surface area contributed by atoms with Gasteiger partial charge in [0.15, 0.2) is 0 Å². The third kappa shape index (κ3) is 10.4. The number of amides is 3. The second-order valence-corrected chi connectivity index (χ2v) is 8.79. The Hall–Kier alpha value is -2.94. The number of nitrogens with two attached hydrogens (primary N) is 1. The molecule has 0 aliphatic heterocycles. The number of nitrogens with one attached hydrogen (secondary N) is 3. The van der Waals surface area contributed by atoms with Crippen LogP contribution >= 0.6 is 0 Å². The predicted octanol–water partition coefficient (Wildman–Crippen LogP) is 0.819. The Morgan fingerprint density at radius 3 is 1.84 bits per heavy atom. The van der Waals surface area contributed by atoms with Crippen molar-refractivity contribution in [3.63, 3.8) is 0 Å². The van der Waals surface area contributed by atoms with Crippen molar-refractivity contribution < 1.29 is 24.3 Å². The molecule has 9 nitrogen and oxygen atoms in total. The van der Waals surface area contributed by atoms with Crippen molar-refractivity contribution in [3.8, 4) is 0 Å². The molecule has 0 aromatic heterocycles. The van der Waals surface area contributed by atoms with Crippen molar-refractivity contribution >= 4 is 23.7 Å². The molecule has 6 N–H and O–H groups in total. The summed E-state index contributed by atoms with van der Waals surface area (Å²) in [6, 6.07) is 6.73. The van der Waals surface area contributed by atoms with Gasteiger partial charge in [-0.25, -0.2) is 0 Å². The summed E-state index contributed by atoms with van der Waals surface area (Å²) in [6.45, 7) is 7.08. The maximum absolute atomic E-state index is 13.0. The first-order valence-corrected chi connectivity index (χ1v) is 10.9. The van der Waals surface area contributed by atoms with Crippen LogP contribution in [0.1, 0.15) is 46.1 Å². The topological polar surface area (TPSA) is 151 Å². The van der Waals surface area contributed by atoms with Gasteiger partial charge in [0.1, 0.15) is 18.6 Å². The number of carbonyl (C=O) groups is 4. The largest absolute Gasteiger partial charge is 0.480 e. The van der Waals surface area contributed by atoms with Crippen molar-refractivity contribution in [3.05, 3.63) is 35.9 Å². The second-order valence-electron chi connectivity index (χ2n) is 8.79. The van der Waals surface area contributed by atoms with Crippen molar-refractivity contribution in [1.82, 2.24) is 16.0 Å². The minimum absolute atomic E-state index is 0.0771. The molecule has 0 radical (unpaired) electrons. The molecule has 1 aromatic carbocycles. The zero-order chi connectivity index (χ0) is 24.3. The van der Waals surface area contributed by atoms with E-state index in [2.05, 4.69) is 16.0 Å². The molecule has 0 bridgehead atoms. The highest BCUT2D eigenvalue weighted by molar-refractivity contribution is 5.93. The fraction of sp³-hybridized carbons (Fsp3) is 0.565. The Bertz CT molecular complexity index is 767. The van der Waals surface area contributed by atoms with Crippen molar-refractivity contribution in [2.45, 2.75) is 65.1 Å². The van der Waals surface area contributed by atoms with Gasteiger partial charge in [0, 0.05) is 0 Å². The van der Waals surface area contributed by atoms with Gasteiger partial charge in [-0.3, -0.25) is 19.2 Å². The molecule has 0 fully saturated rings. The number of aliphatic carboxylic acids is 1. The maximum Gasteiger partial charge on any atom is 0.322 e. The van der Waals surface area contributed by atoms with E-state index in [4.69, 9.17) is 10.8 Å². The van der Waals surface area contributed by atoms with Crippen LogP contribution in [-0.2, 0) is 25.6 Å². The summed E-state index contributed by atoms with van der Waals surface area (Å²) in [5.41, 5.74) is 6.96. The maximum atomic E-state index is 13.0. The molecule has 0 aliphatic rings. The molecular formula is C23H36N4O5. The van der Waals surface area contributed by atoms with Gasteiger partial charge in [0.05, 0.1) is 6.04 Å². The van der Waals surface area contributed by atoms with Gasteiger partial charge in [-0.2, -0.15) is 0 Å². The van der Waals surface area contributed by atoms with Gasteiger partial charge in [-0.05, 0) is 36.7 Å². The van der Waals surface area contributed by atoms with E-state index in [1.807, 2.05) is 58.0 Å². The lowest BCUT2D eigenvalue weighted by Gasteiger charge is -2.26. The summed E-state index contributed by atoms with van der Waals surface area (Å²) < 4.78 is 0. The monoisotopic (exact) mass is 448 g/mol. The van der Waals surface area contributed by atoms with Crippen LogP contribution in [0.4, 0.5) is 0 Å². The number of carbonyl (C=O) groups excluding carboxylic acids is 3. The lowest BCUT2D eigenvalue weighted by atomic mass is 9.99. The summed E-state index contributed by atoms with van der Waals surface area (Å²) in [5.74, 6) is -2.54. The number of rotatable bonds is 13. The molecular weight excluding hydrogens is 412 g/mol. The van der Waals surface area contributed by atoms with E-state index < -0.39 is 48.4 Å². The first-order chi connectivity index (χ1) is 15.0. The van der Waals surface area contributed by atoms with E-state index in [0.717, 1.165) is 5.56 Å². The number of hydrogen-bond donors (Lipinski definition) is 5. The molecule has 0 saturated heterocycles. The number of benzene rings is 1. The molecule has 0 spiro atoms. The summed E-state index contributed by atoms with van der Waals surface area (Å²) in [4.78, 5) is 48.8. The molecule has 3 amide bonds. The number of carboxylic acid groups (broad SMARTS) is 1. The van der Waals surface area contributed by atoms with Gasteiger partial charge in [0.25, 0.3) is 0 Å². The standard InChI is InChI=1S/C23H36N4O5/c1-14(2)10-18(22(31)25-13-20(28)29)27-23(32)19(11-15(3)4)26-21(30)17(24)12-16-8-6-5-7-9-16/h5-9,14-15,17-19H,10-13,24H2,1-4H3,(H,25,31)(H,26,30)(H,27,32)(H,28,29). The van der Waals surface area contributed by atoms with Crippen LogP contribution in [0.15, 0.2) is 30.3 Å². The van der Waals surface area contributed by atoms with E-state index >= 15 is 0 Å². The van der Waals surface area contributed by atoms with Gasteiger partial charge in [-0.1, -0.05) is 58.0 Å². The van der Waals surface area contributed by atoms with Crippen LogP contribution in [0.5, 0.6) is 0 Å². The summed E-state index contributed by atoms with van der Waals surface area (Å²) in [6.07, 6.45) is 1.02. The van der Waals surface area contributed by atoms with Crippen molar-refractivity contribution in [2.75, 3.05) is 6.54 Å². The lowest BCUT2D eigenvalue weighted by Crippen LogP contribution is -2.56. The highest BCUT2D eigenvalue weighted by atomic mass is 16.4. The SMILES string of the molecule is CC(C)CC(NC(=O)C(N)Cc1ccccc1)C(=O)NC(CC(C)C)C(=O)NCC(=O)O. The Morgan fingerprint density at radius 2 is 1.34 bits per heavy atom. The Kier molecular flexibility index (Phi) is 11.4. The van der Waals surface area contributed by atoms with Gasteiger partial charge >= 0.3 is 5.97 Å². The van der Waals surface area contributed by atoms with E-state index in [1.54, 1.807) is 0 Å².